The topological polar surface area (TPSA) is 117 Å². The molecule has 0 aliphatic carbocycles. The highest BCUT2D eigenvalue weighted by Gasteiger charge is 2.45. The molecule has 2 aromatic heterocycles. The van der Waals surface area contributed by atoms with E-state index in [1.54, 1.807) is 0 Å². The van der Waals surface area contributed by atoms with Crippen molar-refractivity contribution in [2.24, 2.45) is 4.99 Å². The Morgan fingerprint density at radius 3 is 2.50 bits per heavy atom. The van der Waals surface area contributed by atoms with Gasteiger partial charge in [-0.1, -0.05) is 46.7 Å². The number of nitro groups is 1. The quantitative estimate of drug-likeness (QED) is 0.149. The number of rotatable bonds is 6. The molecular weight excluding hydrogens is 622 g/mol. The summed E-state index contributed by atoms with van der Waals surface area (Å²) in [5.41, 5.74) is -3.09. The molecule has 42 heavy (non-hydrogen) atoms. The molecule has 4 aromatic rings. The van der Waals surface area contributed by atoms with E-state index in [9.17, 15) is 32.9 Å². The molecule has 3 heterocycles. The first-order valence-corrected chi connectivity index (χ1v) is 13.6. The number of hydrogen-bond acceptors (Lipinski definition) is 8. The Morgan fingerprint density at radius 1 is 1.17 bits per heavy atom. The Kier molecular flexibility index (Phi) is 7.84. The van der Waals surface area contributed by atoms with Crippen LogP contribution in [-0.2, 0) is 9.53 Å². The number of fused-ring (bicyclic) bond motifs is 1. The number of aromatic nitrogens is 1. The first-order chi connectivity index (χ1) is 19.9. The van der Waals surface area contributed by atoms with Crippen LogP contribution < -0.4 is 14.9 Å². The first-order valence-electron chi connectivity index (χ1n) is 12.0. The number of nitro benzene ring substituents is 1. The first kappa shape index (κ1) is 29.3. The number of nitrogens with zero attached hydrogens (tertiary/aromatic N) is 3. The molecule has 0 fully saturated rings. The van der Waals surface area contributed by atoms with Gasteiger partial charge in [0.25, 0.3) is 11.2 Å². The molecule has 0 unspecified atom stereocenters. The molecule has 9 nitrogen and oxygen atoms in total. The molecule has 2 aromatic carbocycles. The number of alkyl halides is 3. The SMILES string of the molecule is CCOC(=O)C1=C(C(F)(F)F)N=c2s/c(=C\c3ccc(-c4ccc(Cl)cc4[N+](=O)[O-])o3)c(=O)n2[C@@H]1c1ccc(Cl)cc1. The van der Waals surface area contributed by atoms with Gasteiger partial charge in [-0.25, -0.2) is 9.79 Å². The number of halogens is 5. The second-order valence-corrected chi connectivity index (χ2v) is 10.6. The van der Waals surface area contributed by atoms with Gasteiger partial charge in [-0.2, -0.15) is 13.2 Å². The number of furan rings is 1. The lowest BCUT2D eigenvalue weighted by Crippen LogP contribution is -2.41. The fraction of sp³-hybridized carbons (Fsp3) is 0.148. The van der Waals surface area contributed by atoms with Crippen LogP contribution in [0.15, 0.2) is 80.1 Å². The lowest BCUT2D eigenvalue weighted by molar-refractivity contribution is -0.384. The summed E-state index contributed by atoms with van der Waals surface area (Å²) in [5, 5.41) is 11.9. The molecule has 1 aliphatic rings. The van der Waals surface area contributed by atoms with Gasteiger partial charge in [0.05, 0.1) is 33.2 Å². The van der Waals surface area contributed by atoms with Crippen molar-refractivity contribution in [2.75, 3.05) is 6.61 Å². The summed E-state index contributed by atoms with van der Waals surface area (Å²) in [6.45, 7) is 1.23. The lowest BCUT2D eigenvalue weighted by Gasteiger charge is -2.26. The summed E-state index contributed by atoms with van der Waals surface area (Å²) in [4.78, 5) is 40.8. The second-order valence-electron chi connectivity index (χ2n) is 8.74. The molecule has 0 amide bonds. The Morgan fingerprint density at radius 2 is 1.86 bits per heavy atom. The minimum absolute atomic E-state index is 0.0640. The van der Waals surface area contributed by atoms with E-state index < -0.39 is 39.9 Å². The van der Waals surface area contributed by atoms with Crippen molar-refractivity contribution in [3.8, 4) is 11.3 Å². The third-order valence-electron chi connectivity index (χ3n) is 6.10. The van der Waals surface area contributed by atoms with Crippen LogP contribution in [0.25, 0.3) is 17.4 Å². The fourth-order valence-corrected chi connectivity index (χ4v) is 5.64. The van der Waals surface area contributed by atoms with E-state index in [1.165, 1.54) is 61.5 Å². The Bertz CT molecular complexity index is 1940. The van der Waals surface area contributed by atoms with Crippen molar-refractivity contribution in [3.63, 3.8) is 0 Å². The van der Waals surface area contributed by atoms with Gasteiger partial charge in [0, 0.05) is 22.2 Å². The summed E-state index contributed by atoms with van der Waals surface area (Å²) >= 11 is 12.5. The predicted octanol–water partition coefficient (Wildman–Crippen LogP) is 5.82. The summed E-state index contributed by atoms with van der Waals surface area (Å²) in [7, 11) is 0. The average Bonchev–Trinajstić information content (AvgIpc) is 3.52. The highest BCUT2D eigenvalue weighted by molar-refractivity contribution is 7.07. The van der Waals surface area contributed by atoms with Gasteiger partial charge in [-0.3, -0.25) is 19.5 Å². The lowest BCUT2D eigenvalue weighted by atomic mass is 9.95. The minimum atomic E-state index is -5.05. The molecular formula is C27H16Cl2F3N3O6S. The van der Waals surface area contributed by atoms with E-state index in [4.69, 9.17) is 32.4 Å². The smallest absolute Gasteiger partial charge is 0.434 e. The number of benzene rings is 2. The molecule has 0 saturated heterocycles. The van der Waals surface area contributed by atoms with Crippen LogP contribution in [0.1, 0.15) is 24.3 Å². The van der Waals surface area contributed by atoms with Crippen LogP contribution in [0.3, 0.4) is 0 Å². The number of allylic oxidation sites excluding steroid dienone is 1. The van der Waals surface area contributed by atoms with E-state index in [-0.39, 0.29) is 49.3 Å². The molecule has 5 rings (SSSR count). The number of esters is 1. The van der Waals surface area contributed by atoms with Gasteiger partial charge in [-0.05, 0) is 48.9 Å². The zero-order valence-electron chi connectivity index (χ0n) is 21.1. The maximum Gasteiger partial charge on any atom is 0.434 e. The average molecular weight is 638 g/mol. The Balaban J connectivity index is 1.70. The maximum absolute atomic E-state index is 14.2. The normalized spacial score (nSPS) is 15.4. The molecule has 0 saturated carbocycles. The van der Waals surface area contributed by atoms with Gasteiger partial charge in [0.15, 0.2) is 10.5 Å². The molecule has 0 bridgehead atoms. The highest BCUT2D eigenvalue weighted by Crippen LogP contribution is 2.38. The molecule has 0 spiro atoms. The largest absolute Gasteiger partial charge is 0.463 e. The van der Waals surface area contributed by atoms with Crippen molar-refractivity contribution >= 4 is 52.3 Å². The summed E-state index contributed by atoms with van der Waals surface area (Å²) in [6.07, 6.45) is -3.78. The van der Waals surface area contributed by atoms with Crippen molar-refractivity contribution in [1.29, 1.82) is 0 Å². The van der Waals surface area contributed by atoms with Crippen LogP contribution >= 0.6 is 34.5 Å². The molecule has 15 heteroatoms. The van der Waals surface area contributed by atoms with Crippen molar-refractivity contribution in [3.05, 3.63) is 117 Å². The second kappa shape index (κ2) is 11.2. The van der Waals surface area contributed by atoms with E-state index in [2.05, 4.69) is 4.99 Å². The fourth-order valence-electron chi connectivity index (χ4n) is 4.37. The highest BCUT2D eigenvalue weighted by atomic mass is 35.5. The third kappa shape index (κ3) is 5.50. The summed E-state index contributed by atoms with van der Waals surface area (Å²) in [5.74, 6) is -1.09. The van der Waals surface area contributed by atoms with E-state index in [0.29, 0.717) is 16.4 Å². The van der Waals surface area contributed by atoms with Crippen molar-refractivity contribution in [2.45, 2.75) is 19.1 Å². The molecule has 216 valence electrons. The van der Waals surface area contributed by atoms with Crippen LogP contribution in [0.4, 0.5) is 18.9 Å². The number of ether oxygens (including phenoxy) is 1. The van der Waals surface area contributed by atoms with E-state index in [1.807, 2.05) is 0 Å². The summed E-state index contributed by atoms with van der Waals surface area (Å²) < 4.78 is 54.3. The van der Waals surface area contributed by atoms with Crippen LogP contribution in [0.2, 0.25) is 10.0 Å². The maximum atomic E-state index is 14.2. The molecule has 1 aliphatic heterocycles. The Labute approximate surface area is 247 Å². The molecule has 1 atom stereocenters. The molecule has 0 radical (unpaired) electrons. The Hall–Kier alpha value is -4.20. The van der Waals surface area contributed by atoms with Crippen LogP contribution in [0.5, 0.6) is 0 Å². The predicted molar refractivity (Wildman–Crippen MR) is 148 cm³/mol. The number of carbonyl (C=O) groups excluding carboxylic acids is 1. The standard InChI is InChI=1S/C27H16Cl2F3N3O6S/c1-2-40-25(37)21-22(13-3-5-14(28)6-4-13)34-24(36)20(42-26(34)33-23(21)27(30,31)32)12-16-8-10-19(41-16)17-9-7-15(29)11-18(17)35(38)39/h3-12,22H,2H2,1H3/b20-12-/t22-/m1/s1. The zero-order valence-corrected chi connectivity index (χ0v) is 23.5. The van der Waals surface area contributed by atoms with Crippen LogP contribution in [-0.4, -0.2) is 28.2 Å². The van der Waals surface area contributed by atoms with Gasteiger partial charge >= 0.3 is 12.1 Å². The van der Waals surface area contributed by atoms with E-state index >= 15 is 0 Å². The van der Waals surface area contributed by atoms with Crippen LogP contribution in [0, 0.1) is 10.1 Å². The van der Waals surface area contributed by atoms with Gasteiger partial charge in [0.1, 0.15) is 11.5 Å². The van der Waals surface area contributed by atoms with Gasteiger partial charge in [0.2, 0.25) is 0 Å². The van der Waals surface area contributed by atoms with Gasteiger partial charge in [-0.15, -0.1) is 0 Å². The molecule has 0 N–H and O–H groups in total. The van der Waals surface area contributed by atoms with E-state index in [0.717, 1.165) is 10.6 Å². The minimum Gasteiger partial charge on any atom is -0.463 e. The number of carbonyl (C=O) groups is 1. The van der Waals surface area contributed by atoms with Gasteiger partial charge < -0.3 is 9.15 Å². The zero-order chi connectivity index (χ0) is 30.3. The summed E-state index contributed by atoms with van der Waals surface area (Å²) in [6, 6.07) is 11.0. The number of hydrogen-bond donors (Lipinski definition) is 0. The third-order valence-corrected chi connectivity index (χ3v) is 7.57. The monoisotopic (exact) mass is 637 g/mol. The number of thiazole rings is 1. The van der Waals surface area contributed by atoms with Crippen molar-refractivity contribution < 1.29 is 32.0 Å². The van der Waals surface area contributed by atoms with Crippen molar-refractivity contribution in [1.82, 2.24) is 4.57 Å².